The van der Waals surface area contributed by atoms with Crippen LogP contribution in [0.3, 0.4) is 0 Å². The van der Waals surface area contributed by atoms with Gasteiger partial charge in [0.2, 0.25) is 0 Å². The van der Waals surface area contributed by atoms with Crippen LogP contribution in [0.15, 0.2) is 34.7 Å². The molecule has 0 bridgehead atoms. The summed E-state index contributed by atoms with van der Waals surface area (Å²) in [5, 5.41) is 0.205. The van der Waals surface area contributed by atoms with E-state index in [0.717, 1.165) is 18.2 Å². The second kappa shape index (κ2) is 4.55. The third kappa shape index (κ3) is 2.28. The molecular weight excluding hydrogens is 301 g/mol. The second-order valence-corrected chi connectivity index (χ2v) is 4.46. The summed E-state index contributed by atoms with van der Waals surface area (Å²) < 4.78 is 31.5. The van der Waals surface area contributed by atoms with Gasteiger partial charge in [0.05, 0.1) is 0 Å². The Kier molecular flexibility index (Phi) is 3.30. The van der Waals surface area contributed by atoms with Crippen LogP contribution < -0.4 is 0 Å². The summed E-state index contributed by atoms with van der Waals surface area (Å²) in [6.45, 7) is 0. The first kappa shape index (κ1) is 11.6. The molecule has 84 valence electrons. The van der Waals surface area contributed by atoms with Gasteiger partial charge < -0.3 is 4.42 Å². The topological polar surface area (TPSA) is 13.1 Å². The van der Waals surface area contributed by atoms with Crippen LogP contribution in [0.1, 0.15) is 16.2 Å². The predicted octanol–water partition coefficient (Wildman–Crippen LogP) is 4.70. The Morgan fingerprint density at radius 3 is 2.56 bits per heavy atom. The Morgan fingerprint density at radius 1 is 1.19 bits per heavy atom. The lowest BCUT2D eigenvalue weighted by Crippen LogP contribution is -1.96. The van der Waals surface area contributed by atoms with Crippen molar-refractivity contribution in [2.45, 2.75) is 4.83 Å². The van der Waals surface area contributed by atoms with E-state index in [1.54, 1.807) is 12.1 Å². The first-order valence-electron chi connectivity index (χ1n) is 4.42. The molecule has 5 heteroatoms. The summed E-state index contributed by atoms with van der Waals surface area (Å²) in [6.07, 6.45) is 0. The number of halogens is 4. The van der Waals surface area contributed by atoms with E-state index in [2.05, 4.69) is 15.9 Å². The van der Waals surface area contributed by atoms with Crippen LogP contribution in [0.5, 0.6) is 0 Å². The van der Waals surface area contributed by atoms with E-state index in [9.17, 15) is 8.78 Å². The molecule has 16 heavy (non-hydrogen) atoms. The zero-order valence-corrected chi connectivity index (χ0v) is 10.2. The molecule has 0 saturated heterocycles. The first-order chi connectivity index (χ1) is 7.58. The Morgan fingerprint density at radius 2 is 1.94 bits per heavy atom. The van der Waals surface area contributed by atoms with E-state index in [1.807, 2.05) is 0 Å². The minimum Gasteiger partial charge on any atom is -0.448 e. The second-order valence-electron chi connectivity index (χ2n) is 3.17. The number of hydrogen-bond donors (Lipinski definition) is 0. The van der Waals surface area contributed by atoms with Gasteiger partial charge in [-0.1, -0.05) is 15.9 Å². The number of alkyl halides is 1. The standard InChI is InChI=1S/C11H6BrClF2O/c12-11(9-3-4-10(13)16-9)7-5-6(14)1-2-8(7)15/h1-5,11H. The summed E-state index contributed by atoms with van der Waals surface area (Å²) in [7, 11) is 0. The quantitative estimate of drug-likeness (QED) is 0.733. The fourth-order valence-electron chi connectivity index (χ4n) is 1.33. The molecule has 1 aromatic heterocycles. The highest BCUT2D eigenvalue weighted by Crippen LogP contribution is 2.34. The molecule has 1 nitrogen and oxygen atoms in total. The van der Waals surface area contributed by atoms with Crippen LogP contribution in [0, 0.1) is 11.6 Å². The van der Waals surface area contributed by atoms with Crippen molar-refractivity contribution in [2.24, 2.45) is 0 Å². The van der Waals surface area contributed by atoms with Gasteiger partial charge in [-0.2, -0.15) is 0 Å². The van der Waals surface area contributed by atoms with Gasteiger partial charge >= 0.3 is 0 Å². The van der Waals surface area contributed by atoms with Crippen molar-refractivity contribution >= 4 is 27.5 Å². The van der Waals surface area contributed by atoms with Crippen molar-refractivity contribution in [1.29, 1.82) is 0 Å². The van der Waals surface area contributed by atoms with Crippen molar-refractivity contribution in [3.8, 4) is 0 Å². The molecule has 1 atom stereocenters. The first-order valence-corrected chi connectivity index (χ1v) is 5.71. The Bertz CT molecular complexity index is 512. The van der Waals surface area contributed by atoms with Gasteiger partial charge in [-0.25, -0.2) is 8.78 Å². The van der Waals surface area contributed by atoms with Crippen molar-refractivity contribution in [3.05, 3.63) is 58.5 Å². The summed E-state index contributed by atoms with van der Waals surface area (Å²) in [4.78, 5) is -0.560. The normalized spacial score (nSPS) is 12.8. The van der Waals surface area contributed by atoms with Crippen LogP contribution >= 0.6 is 27.5 Å². The largest absolute Gasteiger partial charge is 0.448 e. The Hall–Kier alpha value is -0.870. The molecule has 0 spiro atoms. The maximum atomic E-state index is 13.4. The van der Waals surface area contributed by atoms with Crippen LogP contribution in [-0.2, 0) is 0 Å². The lowest BCUT2D eigenvalue weighted by atomic mass is 10.1. The molecule has 0 amide bonds. The third-order valence-corrected chi connectivity index (χ3v) is 3.22. The molecule has 0 fully saturated rings. The highest BCUT2D eigenvalue weighted by atomic mass is 79.9. The average molecular weight is 308 g/mol. The van der Waals surface area contributed by atoms with Gasteiger partial charge in [0.25, 0.3) is 0 Å². The molecule has 2 rings (SSSR count). The van der Waals surface area contributed by atoms with E-state index >= 15 is 0 Å². The van der Waals surface area contributed by atoms with E-state index in [0.29, 0.717) is 5.76 Å². The molecule has 0 N–H and O–H groups in total. The number of rotatable bonds is 2. The minimum absolute atomic E-state index is 0.172. The zero-order chi connectivity index (χ0) is 11.7. The van der Waals surface area contributed by atoms with Crippen LogP contribution in [0.25, 0.3) is 0 Å². The highest BCUT2D eigenvalue weighted by Gasteiger charge is 2.18. The molecule has 0 aliphatic heterocycles. The molecule has 1 aromatic carbocycles. The van der Waals surface area contributed by atoms with E-state index in [1.165, 1.54) is 0 Å². The number of benzene rings is 1. The van der Waals surface area contributed by atoms with E-state index < -0.39 is 16.5 Å². The number of hydrogen-bond acceptors (Lipinski definition) is 1. The third-order valence-electron chi connectivity index (χ3n) is 2.07. The molecule has 0 radical (unpaired) electrons. The Balaban J connectivity index is 2.40. The fourth-order valence-corrected chi connectivity index (χ4v) is 2.08. The highest BCUT2D eigenvalue weighted by molar-refractivity contribution is 9.09. The predicted molar refractivity (Wildman–Crippen MR) is 60.8 cm³/mol. The molecule has 0 saturated carbocycles. The van der Waals surface area contributed by atoms with Crippen molar-refractivity contribution in [2.75, 3.05) is 0 Å². The monoisotopic (exact) mass is 306 g/mol. The van der Waals surface area contributed by atoms with Gasteiger partial charge in [0, 0.05) is 5.56 Å². The van der Waals surface area contributed by atoms with Crippen molar-refractivity contribution in [1.82, 2.24) is 0 Å². The SMILES string of the molecule is Fc1ccc(F)c(C(Br)c2ccc(Cl)o2)c1. The van der Waals surface area contributed by atoms with Crippen molar-refractivity contribution < 1.29 is 13.2 Å². The van der Waals surface area contributed by atoms with Gasteiger partial charge in [0.1, 0.15) is 22.2 Å². The minimum atomic E-state index is -0.560. The lowest BCUT2D eigenvalue weighted by molar-refractivity contribution is 0.513. The van der Waals surface area contributed by atoms with Gasteiger partial charge in [0.15, 0.2) is 5.22 Å². The molecule has 0 aliphatic carbocycles. The molecule has 1 heterocycles. The summed E-state index contributed by atoms with van der Waals surface area (Å²) in [6, 6.07) is 6.40. The molecular formula is C11H6BrClF2O. The van der Waals surface area contributed by atoms with Crippen LogP contribution in [0.4, 0.5) is 8.78 Å². The Labute approximate surface area is 104 Å². The van der Waals surface area contributed by atoms with E-state index in [4.69, 9.17) is 16.0 Å². The average Bonchev–Trinajstić information content (AvgIpc) is 2.67. The summed E-state index contributed by atoms with van der Waals surface area (Å²) in [5.41, 5.74) is 0.172. The summed E-state index contributed by atoms with van der Waals surface area (Å²) in [5.74, 6) is -0.580. The van der Waals surface area contributed by atoms with Crippen molar-refractivity contribution in [3.63, 3.8) is 0 Å². The fraction of sp³-hybridized carbons (Fsp3) is 0.0909. The van der Waals surface area contributed by atoms with Gasteiger partial charge in [-0.15, -0.1) is 0 Å². The van der Waals surface area contributed by atoms with Crippen LogP contribution in [0.2, 0.25) is 5.22 Å². The maximum absolute atomic E-state index is 13.4. The number of furan rings is 1. The summed E-state index contributed by atoms with van der Waals surface area (Å²) >= 11 is 8.84. The zero-order valence-electron chi connectivity index (χ0n) is 7.88. The molecule has 2 aromatic rings. The molecule has 1 unspecified atom stereocenters. The van der Waals surface area contributed by atoms with Gasteiger partial charge in [-0.3, -0.25) is 0 Å². The van der Waals surface area contributed by atoms with Crippen LogP contribution in [-0.4, -0.2) is 0 Å². The molecule has 0 aliphatic rings. The van der Waals surface area contributed by atoms with E-state index in [-0.39, 0.29) is 10.8 Å². The lowest BCUT2D eigenvalue weighted by Gasteiger charge is -2.08. The van der Waals surface area contributed by atoms with Gasteiger partial charge in [-0.05, 0) is 41.9 Å². The maximum Gasteiger partial charge on any atom is 0.193 e. The smallest absolute Gasteiger partial charge is 0.193 e.